The van der Waals surface area contributed by atoms with Gasteiger partial charge in [-0.2, -0.15) is 0 Å². The van der Waals surface area contributed by atoms with Crippen LogP contribution in [0.1, 0.15) is 16.2 Å². The Morgan fingerprint density at radius 2 is 2.10 bits per heavy atom. The second kappa shape index (κ2) is 5.80. The van der Waals surface area contributed by atoms with Crippen LogP contribution in [0.5, 0.6) is 0 Å². The zero-order valence-corrected chi connectivity index (χ0v) is 12.1. The summed E-state index contributed by atoms with van der Waals surface area (Å²) in [6, 6.07) is 9.11. The third kappa shape index (κ3) is 3.11. The molecule has 0 aliphatic carbocycles. The van der Waals surface area contributed by atoms with Crippen LogP contribution in [0.4, 0.5) is 5.13 Å². The highest BCUT2D eigenvalue weighted by Gasteiger charge is 2.11. The molecule has 0 aliphatic rings. The molecular formula is C15H12N4OS. The molecule has 0 atom stereocenters. The SMILES string of the molecule is Cc1cccc(C(=O)Nc2nc(-c3cccnc3)cs2)n1. The van der Waals surface area contributed by atoms with Crippen molar-refractivity contribution in [3.63, 3.8) is 0 Å². The van der Waals surface area contributed by atoms with Crippen LogP contribution in [0.2, 0.25) is 0 Å². The van der Waals surface area contributed by atoms with E-state index in [2.05, 4.69) is 20.3 Å². The normalized spacial score (nSPS) is 10.3. The fourth-order valence-electron chi connectivity index (χ4n) is 1.81. The minimum absolute atomic E-state index is 0.259. The first-order chi connectivity index (χ1) is 10.2. The van der Waals surface area contributed by atoms with Crippen LogP contribution in [0.3, 0.4) is 0 Å². The standard InChI is InChI=1S/C15H12N4OS/c1-10-4-2-6-12(17-10)14(20)19-15-18-13(9-21-15)11-5-3-7-16-8-11/h2-9H,1H3,(H,18,19,20). The van der Waals surface area contributed by atoms with E-state index in [0.717, 1.165) is 17.0 Å². The van der Waals surface area contributed by atoms with Gasteiger partial charge in [0.1, 0.15) is 5.69 Å². The van der Waals surface area contributed by atoms with Gasteiger partial charge in [-0.1, -0.05) is 6.07 Å². The average Bonchev–Trinajstić information content (AvgIpc) is 2.97. The number of rotatable bonds is 3. The molecule has 0 fully saturated rings. The number of aryl methyl sites for hydroxylation is 1. The molecule has 0 spiro atoms. The van der Waals surface area contributed by atoms with Gasteiger partial charge in [0, 0.05) is 29.0 Å². The lowest BCUT2D eigenvalue weighted by Crippen LogP contribution is -2.13. The predicted octanol–water partition coefficient (Wildman–Crippen LogP) is 3.16. The van der Waals surface area contributed by atoms with Gasteiger partial charge in [0.25, 0.3) is 5.91 Å². The van der Waals surface area contributed by atoms with Crippen LogP contribution >= 0.6 is 11.3 Å². The molecule has 0 bridgehead atoms. The summed E-state index contributed by atoms with van der Waals surface area (Å²) in [5.41, 5.74) is 2.90. The third-order valence-corrected chi connectivity index (χ3v) is 3.56. The first-order valence-corrected chi connectivity index (χ1v) is 7.21. The highest BCUT2D eigenvalue weighted by atomic mass is 32.1. The molecule has 21 heavy (non-hydrogen) atoms. The summed E-state index contributed by atoms with van der Waals surface area (Å²) in [4.78, 5) is 24.7. The van der Waals surface area contributed by atoms with Crippen LogP contribution in [-0.4, -0.2) is 20.9 Å². The molecule has 0 aromatic carbocycles. The molecule has 0 saturated heterocycles. The maximum Gasteiger partial charge on any atom is 0.276 e. The van der Waals surface area contributed by atoms with Crippen molar-refractivity contribution in [1.29, 1.82) is 0 Å². The Kier molecular flexibility index (Phi) is 3.70. The zero-order chi connectivity index (χ0) is 14.7. The number of anilines is 1. The maximum atomic E-state index is 12.1. The first kappa shape index (κ1) is 13.4. The molecule has 1 N–H and O–H groups in total. The number of pyridine rings is 2. The number of hydrogen-bond acceptors (Lipinski definition) is 5. The van der Waals surface area contributed by atoms with E-state index in [0.29, 0.717) is 10.8 Å². The Morgan fingerprint density at radius 1 is 1.19 bits per heavy atom. The largest absolute Gasteiger partial charge is 0.296 e. The molecule has 6 heteroatoms. The van der Waals surface area contributed by atoms with E-state index >= 15 is 0 Å². The van der Waals surface area contributed by atoms with Gasteiger partial charge in [-0.3, -0.25) is 15.1 Å². The summed E-state index contributed by atoms with van der Waals surface area (Å²) in [7, 11) is 0. The van der Waals surface area contributed by atoms with Crippen LogP contribution in [0.15, 0.2) is 48.1 Å². The summed E-state index contributed by atoms with van der Waals surface area (Å²) in [6.45, 7) is 1.85. The first-order valence-electron chi connectivity index (χ1n) is 6.33. The molecule has 3 aromatic rings. The van der Waals surface area contributed by atoms with Gasteiger partial charge in [0.15, 0.2) is 5.13 Å². The molecule has 0 unspecified atom stereocenters. The smallest absolute Gasteiger partial charge is 0.276 e. The van der Waals surface area contributed by atoms with Crippen molar-refractivity contribution in [3.8, 4) is 11.3 Å². The number of carbonyl (C=O) groups excluding carboxylic acids is 1. The van der Waals surface area contributed by atoms with Crippen molar-refractivity contribution in [2.45, 2.75) is 6.92 Å². The van der Waals surface area contributed by atoms with Crippen molar-refractivity contribution in [2.24, 2.45) is 0 Å². The number of aromatic nitrogens is 3. The van der Waals surface area contributed by atoms with Gasteiger partial charge in [-0.05, 0) is 31.2 Å². The van der Waals surface area contributed by atoms with Crippen LogP contribution < -0.4 is 5.32 Å². The van der Waals surface area contributed by atoms with E-state index in [1.165, 1.54) is 11.3 Å². The van der Waals surface area contributed by atoms with Crippen LogP contribution in [0, 0.1) is 6.92 Å². The van der Waals surface area contributed by atoms with Gasteiger partial charge < -0.3 is 0 Å². The molecule has 0 radical (unpaired) electrons. The Bertz CT molecular complexity index is 770. The fraction of sp³-hybridized carbons (Fsp3) is 0.0667. The van der Waals surface area contributed by atoms with Gasteiger partial charge in [0.2, 0.25) is 0 Å². The van der Waals surface area contributed by atoms with Gasteiger partial charge in [-0.25, -0.2) is 9.97 Å². The molecule has 5 nitrogen and oxygen atoms in total. The zero-order valence-electron chi connectivity index (χ0n) is 11.3. The highest BCUT2D eigenvalue weighted by Crippen LogP contribution is 2.24. The van der Waals surface area contributed by atoms with Crippen molar-refractivity contribution in [3.05, 3.63) is 59.5 Å². The summed E-state index contributed by atoms with van der Waals surface area (Å²) in [5, 5.41) is 5.19. The highest BCUT2D eigenvalue weighted by molar-refractivity contribution is 7.14. The Hall–Kier alpha value is -2.60. The summed E-state index contributed by atoms with van der Waals surface area (Å²) >= 11 is 1.37. The van der Waals surface area contributed by atoms with Crippen molar-refractivity contribution < 1.29 is 4.79 Å². The molecule has 3 aromatic heterocycles. The molecular weight excluding hydrogens is 284 g/mol. The maximum absolute atomic E-state index is 12.1. The Labute approximate surface area is 125 Å². The number of amides is 1. The molecule has 3 rings (SSSR count). The number of hydrogen-bond donors (Lipinski definition) is 1. The lowest BCUT2D eigenvalue weighted by Gasteiger charge is -2.01. The van der Waals surface area contributed by atoms with E-state index in [1.54, 1.807) is 24.5 Å². The van der Waals surface area contributed by atoms with Crippen molar-refractivity contribution >= 4 is 22.4 Å². The number of nitrogens with zero attached hydrogens (tertiary/aromatic N) is 3. The second-order valence-corrected chi connectivity index (χ2v) is 5.26. The van der Waals surface area contributed by atoms with Crippen LogP contribution in [0.25, 0.3) is 11.3 Å². The topological polar surface area (TPSA) is 67.8 Å². The van der Waals surface area contributed by atoms with E-state index in [4.69, 9.17) is 0 Å². The molecule has 104 valence electrons. The van der Waals surface area contributed by atoms with Crippen LogP contribution in [-0.2, 0) is 0 Å². The van der Waals surface area contributed by atoms with Gasteiger partial charge >= 0.3 is 0 Å². The average molecular weight is 296 g/mol. The minimum atomic E-state index is -0.259. The van der Waals surface area contributed by atoms with E-state index in [-0.39, 0.29) is 5.91 Å². The number of carbonyl (C=O) groups is 1. The summed E-state index contributed by atoms with van der Waals surface area (Å²) < 4.78 is 0. The number of nitrogens with one attached hydrogen (secondary N) is 1. The summed E-state index contributed by atoms with van der Waals surface area (Å²) in [6.07, 6.45) is 3.45. The number of thiazole rings is 1. The van der Waals surface area contributed by atoms with E-state index < -0.39 is 0 Å². The molecule has 3 heterocycles. The molecule has 0 aliphatic heterocycles. The van der Waals surface area contributed by atoms with E-state index in [9.17, 15) is 4.79 Å². The van der Waals surface area contributed by atoms with Crippen molar-refractivity contribution in [1.82, 2.24) is 15.0 Å². The minimum Gasteiger partial charge on any atom is -0.296 e. The lowest BCUT2D eigenvalue weighted by molar-refractivity contribution is 0.102. The van der Waals surface area contributed by atoms with E-state index in [1.807, 2.05) is 30.5 Å². The quantitative estimate of drug-likeness (QED) is 0.806. The third-order valence-electron chi connectivity index (χ3n) is 2.80. The van der Waals surface area contributed by atoms with Gasteiger partial charge in [-0.15, -0.1) is 11.3 Å². The fourth-order valence-corrected chi connectivity index (χ4v) is 2.52. The molecule has 0 saturated carbocycles. The van der Waals surface area contributed by atoms with Crippen molar-refractivity contribution in [2.75, 3.05) is 5.32 Å². The molecule has 1 amide bonds. The predicted molar refractivity (Wildman–Crippen MR) is 82.3 cm³/mol. The van der Waals surface area contributed by atoms with Gasteiger partial charge in [0.05, 0.1) is 5.69 Å². The lowest BCUT2D eigenvalue weighted by atomic mass is 10.2. The monoisotopic (exact) mass is 296 g/mol. The summed E-state index contributed by atoms with van der Waals surface area (Å²) in [5.74, 6) is -0.259. The Morgan fingerprint density at radius 3 is 2.86 bits per heavy atom. The Balaban J connectivity index is 1.77. The second-order valence-electron chi connectivity index (χ2n) is 4.40.